The van der Waals surface area contributed by atoms with E-state index >= 15 is 0 Å². The van der Waals surface area contributed by atoms with Crippen LogP contribution >= 0.6 is 0 Å². The number of benzene rings is 1. The number of carbonyl (C=O) groups excluding carboxylic acids is 1. The van der Waals surface area contributed by atoms with Crippen molar-refractivity contribution in [2.24, 2.45) is 0 Å². The number of urea groups is 1. The summed E-state index contributed by atoms with van der Waals surface area (Å²) in [7, 11) is -3.15. The van der Waals surface area contributed by atoms with Gasteiger partial charge >= 0.3 is 6.03 Å². The highest BCUT2D eigenvalue weighted by Gasteiger charge is 2.28. The molecule has 2 rings (SSSR count). The molecule has 0 radical (unpaired) electrons. The highest BCUT2D eigenvalue weighted by Crippen LogP contribution is 2.13. The third-order valence-electron chi connectivity index (χ3n) is 4.03. The Balaban J connectivity index is 1.86. The summed E-state index contributed by atoms with van der Waals surface area (Å²) >= 11 is 0. The Hall–Kier alpha value is -1.70. The Morgan fingerprint density at radius 1 is 1.35 bits per heavy atom. The largest absolute Gasteiger partial charge is 0.338 e. The van der Waals surface area contributed by atoms with E-state index in [-0.39, 0.29) is 36.9 Å². The first-order chi connectivity index (χ1) is 10.8. The first-order valence-corrected chi connectivity index (χ1v) is 9.19. The summed E-state index contributed by atoms with van der Waals surface area (Å²) in [6, 6.07) is 2.80. The summed E-state index contributed by atoms with van der Waals surface area (Å²) in [5.41, 5.74) is 0.192. The Morgan fingerprint density at radius 3 is 2.83 bits per heavy atom. The predicted molar refractivity (Wildman–Crippen MR) is 82.9 cm³/mol. The maximum Gasteiger partial charge on any atom is 0.317 e. The van der Waals surface area contributed by atoms with E-state index in [0.29, 0.717) is 13.0 Å². The van der Waals surface area contributed by atoms with E-state index in [0.717, 1.165) is 18.2 Å². The van der Waals surface area contributed by atoms with E-state index in [1.165, 1.54) is 4.90 Å². The average Bonchev–Trinajstić information content (AvgIpc) is 2.62. The molecule has 23 heavy (non-hydrogen) atoms. The minimum Gasteiger partial charge on any atom is -0.338 e. The standard InChI is InChI=1S/C15H20F2N2O3S/c1-11-5-7-19(8-9-23(11,21)22)15(20)18-6-4-12-10-13(16)2-3-14(12)17/h2-3,10-11H,4-9H2,1H3,(H,18,20)/t11-/m1/s1. The summed E-state index contributed by atoms with van der Waals surface area (Å²) in [6.07, 6.45) is 0.562. The van der Waals surface area contributed by atoms with Crippen molar-refractivity contribution in [2.75, 3.05) is 25.4 Å². The number of hydrogen-bond acceptors (Lipinski definition) is 3. The smallest absolute Gasteiger partial charge is 0.317 e. The number of rotatable bonds is 3. The lowest BCUT2D eigenvalue weighted by atomic mass is 10.1. The Bertz CT molecular complexity index is 679. The molecule has 1 aliphatic rings. The summed E-state index contributed by atoms with van der Waals surface area (Å²) in [4.78, 5) is 13.5. The van der Waals surface area contributed by atoms with Crippen LogP contribution < -0.4 is 5.32 Å². The zero-order valence-electron chi connectivity index (χ0n) is 12.9. The molecular formula is C15H20F2N2O3S. The Labute approximate surface area is 134 Å². The topological polar surface area (TPSA) is 66.5 Å². The zero-order chi connectivity index (χ0) is 17.0. The van der Waals surface area contributed by atoms with Crippen LogP contribution in [0.4, 0.5) is 13.6 Å². The van der Waals surface area contributed by atoms with Gasteiger partial charge in [-0.25, -0.2) is 22.0 Å². The number of nitrogens with zero attached hydrogens (tertiary/aromatic N) is 1. The maximum atomic E-state index is 13.5. The van der Waals surface area contributed by atoms with Gasteiger partial charge in [0, 0.05) is 19.6 Å². The minimum absolute atomic E-state index is 0.0554. The van der Waals surface area contributed by atoms with Crippen molar-refractivity contribution < 1.29 is 22.0 Å². The highest BCUT2D eigenvalue weighted by atomic mass is 32.2. The molecule has 1 aliphatic heterocycles. The van der Waals surface area contributed by atoms with Crippen molar-refractivity contribution >= 4 is 15.9 Å². The summed E-state index contributed by atoms with van der Waals surface area (Å²) in [5.74, 6) is -1.10. The van der Waals surface area contributed by atoms with Crippen LogP contribution in [-0.2, 0) is 16.3 Å². The number of sulfone groups is 1. The molecule has 0 spiro atoms. The first kappa shape index (κ1) is 17.7. The summed E-state index contributed by atoms with van der Waals surface area (Å²) in [5, 5.41) is 2.16. The van der Waals surface area contributed by atoms with Crippen molar-refractivity contribution in [1.82, 2.24) is 10.2 Å². The van der Waals surface area contributed by atoms with Gasteiger partial charge in [0.25, 0.3) is 0 Å². The van der Waals surface area contributed by atoms with Crippen LogP contribution in [-0.4, -0.2) is 50.0 Å². The Kier molecular flexibility index (Phi) is 5.56. The SMILES string of the molecule is C[C@@H]1CCN(C(=O)NCCc2cc(F)ccc2F)CCS1(=O)=O. The number of halogens is 2. The van der Waals surface area contributed by atoms with Crippen LogP contribution in [0.5, 0.6) is 0 Å². The fraction of sp³-hybridized carbons (Fsp3) is 0.533. The van der Waals surface area contributed by atoms with Crippen molar-refractivity contribution in [3.63, 3.8) is 0 Å². The van der Waals surface area contributed by atoms with Gasteiger partial charge in [0.15, 0.2) is 9.84 Å². The Morgan fingerprint density at radius 2 is 2.09 bits per heavy atom. The van der Waals surface area contributed by atoms with Gasteiger partial charge in [-0.2, -0.15) is 0 Å². The van der Waals surface area contributed by atoms with E-state index in [2.05, 4.69) is 5.32 Å². The van der Waals surface area contributed by atoms with E-state index in [1.54, 1.807) is 6.92 Å². The molecule has 1 atom stereocenters. The van der Waals surface area contributed by atoms with E-state index in [9.17, 15) is 22.0 Å². The van der Waals surface area contributed by atoms with E-state index in [1.807, 2.05) is 0 Å². The zero-order valence-corrected chi connectivity index (χ0v) is 13.7. The van der Waals surface area contributed by atoms with Gasteiger partial charge in [-0.15, -0.1) is 0 Å². The van der Waals surface area contributed by atoms with E-state index < -0.39 is 26.7 Å². The van der Waals surface area contributed by atoms with Gasteiger partial charge in [0.2, 0.25) is 0 Å². The van der Waals surface area contributed by atoms with Crippen molar-refractivity contribution in [3.8, 4) is 0 Å². The average molecular weight is 346 g/mol. The van der Waals surface area contributed by atoms with Crippen LogP contribution in [0.15, 0.2) is 18.2 Å². The second kappa shape index (κ2) is 7.25. The number of amides is 2. The lowest BCUT2D eigenvalue weighted by Gasteiger charge is -2.20. The molecule has 0 unspecified atom stereocenters. The van der Waals surface area contributed by atoms with Gasteiger partial charge in [0.1, 0.15) is 11.6 Å². The van der Waals surface area contributed by atoms with Crippen molar-refractivity contribution in [3.05, 3.63) is 35.4 Å². The quantitative estimate of drug-likeness (QED) is 0.906. The molecule has 0 aromatic heterocycles. The molecule has 1 fully saturated rings. The molecule has 1 aromatic carbocycles. The molecule has 0 aliphatic carbocycles. The molecule has 2 amide bonds. The summed E-state index contributed by atoms with van der Waals surface area (Å²) < 4.78 is 50.1. The van der Waals surface area contributed by atoms with Crippen molar-refractivity contribution in [1.29, 1.82) is 0 Å². The number of hydrogen-bond donors (Lipinski definition) is 1. The van der Waals surface area contributed by atoms with Crippen LogP contribution in [0.1, 0.15) is 18.9 Å². The molecule has 0 saturated carbocycles. The second-order valence-electron chi connectivity index (χ2n) is 5.67. The fourth-order valence-electron chi connectivity index (χ4n) is 2.42. The van der Waals surface area contributed by atoms with Crippen molar-refractivity contribution in [2.45, 2.75) is 25.0 Å². The second-order valence-corrected chi connectivity index (χ2v) is 8.21. The molecular weight excluding hydrogens is 326 g/mol. The summed E-state index contributed by atoms with van der Waals surface area (Å²) in [6.45, 7) is 2.30. The molecule has 1 aromatic rings. The third kappa shape index (κ3) is 4.63. The lowest BCUT2D eigenvalue weighted by molar-refractivity contribution is 0.201. The minimum atomic E-state index is -3.15. The third-order valence-corrected chi connectivity index (χ3v) is 6.24. The van der Waals surface area contributed by atoms with Crippen LogP contribution in [0, 0.1) is 11.6 Å². The molecule has 128 valence electrons. The maximum absolute atomic E-state index is 13.5. The molecule has 8 heteroatoms. The predicted octanol–water partition coefficient (Wildman–Crippen LogP) is 1.73. The monoisotopic (exact) mass is 346 g/mol. The molecule has 1 saturated heterocycles. The van der Waals surface area contributed by atoms with Crippen LogP contribution in [0.3, 0.4) is 0 Å². The highest BCUT2D eigenvalue weighted by molar-refractivity contribution is 7.92. The molecule has 5 nitrogen and oxygen atoms in total. The van der Waals surface area contributed by atoms with Gasteiger partial charge in [0.05, 0.1) is 11.0 Å². The van der Waals surface area contributed by atoms with Gasteiger partial charge in [-0.3, -0.25) is 0 Å². The van der Waals surface area contributed by atoms with Gasteiger partial charge < -0.3 is 10.2 Å². The number of nitrogens with one attached hydrogen (secondary N) is 1. The van der Waals surface area contributed by atoms with Gasteiger partial charge in [-0.1, -0.05) is 0 Å². The molecule has 0 bridgehead atoms. The van der Waals surface area contributed by atoms with E-state index in [4.69, 9.17) is 0 Å². The fourth-order valence-corrected chi connectivity index (χ4v) is 3.76. The lowest BCUT2D eigenvalue weighted by Crippen LogP contribution is -2.42. The number of carbonyl (C=O) groups is 1. The van der Waals surface area contributed by atoms with Crippen LogP contribution in [0.25, 0.3) is 0 Å². The normalized spacial score (nSPS) is 20.8. The van der Waals surface area contributed by atoms with Crippen LogP contribution in [0.2, 0.25) is 0 Å². The molecule has 1 N–H and O–H groups in total. The molecule has 1 heterocycles. The van der Waals surface area contributed by atoms with Gasteiger partial charge in [-0.05, 0) is 43.5 Å². The first-order valence-electron chi connectivity index (χ1n) is 7.48.